The third kappa shape index (κ3) is 3.79. The molecule has 0 fully saturated rings. The van der Waals surface area contributed by atoms with Gasteiger partial charge in [-0.05, 0) is 40.7 Å². The number of amidine groups is 1. The standard InChI is InChI=1S/C10H13BrFN3O/c1-15(6-10(13)14-16)5-7-2-3-9(12)8(11)4-7/h2-4,16H,5-6H2,1H3,(H2,13,14). The smallest absolute Gasteiger partial charge is 0.153 e. The van der Waals surface area contributed by atoms with E-state index < -0.39 is 0 Å². The Morgan fingerprint density at radius 1 is 1.62 bits per heavy atom. The second-order valence-electron chi connectivity index (χ2n) is 3.51. The van der Waals surface area contributed by atoms with Crippen molar-refractivity contribution >= 4 is 21.8 Å². The van der Waals surface area contributed by atoms with Crippen molar-refractivity contribution in [3.05, 3.63) is 34.1 Å². The molecule has 1 aromatic carbocycles. The molecule has 0 aliphatic rings. The first-order valence-electron chi connectivity index (χ1n) is 4.62. The van der Waals surface area contributed by atoms with Crippen LogP contribution in [0.25, 0.3) is 0 Å². The van der Waals surface area contributed by atoms with E-state index >= 15 is 0 Å². The molecule has 6 heteroatoms. The fourth-order valence-corrected chi connectivity index (χ4v) is 1.74. The minimum absolute atomic E-state index is 0.142. The Balaban J connectivity index is 2.63. The molecule has 1 rings (SSSR count). The van der Waals surface area contributed by atoms with Crippen LogP contribution in [0.3, 0.4) is 0 Å². The van der Waals surface area contributed by atoms with Crippen LogP contribution in [-0.2, 0) is 6.54 Å². The van der Waals surface area contributed by atoms with Crippen LogP contribution in [0.15, 0.2) is 27.8 Å². The Morgan fingerprint density at radius 2 is 2.31 bits per heavy atom. The molecule has 4 nitrogen and oxygen atoms in total. The van der Waals surface area contributed by atoms with Gasteiger partial charge in [-0.25, -0.2) is 4.39 Å². The second kappa shape index (κ2) is 5.81. The predicted octanol–water partition coefficient (Wildman–Crippen LogP) is 1.77. The van der Waals surface area contributed by atoms with Crippen LogP contribution in [0.1, 0.15) is 5.56 Å². The lowest BCUT2D eigenvalue weighted by Crippen LogP contribution is -2.30. The summed E-state index contributed by atoms with van der Waals surface area (Å²) in [5.74, 6) is -0.147. The van der Waals surface area contributed by atoms with Gasteiger partial charge in [0, 0.05) is 6.54 Å². The first kappa shape index (κ1) is 12.9. The van der Waals surface area contributed by atoms with E-state index in [1.807, 2.05) is 11.9 Å². The van der Waals surface area contributed by atoms with Crippen LogP contribution < -0.4 is 5.73 Å². The molecule has 0 atom stereocenters. The quantitative estimate of drug-likeness (QED) is 0.384. The maximum Gasteiger partial charge on any atom is 0.153 e. The predicted molar refractivity (Wildman–Crippen MR) is 63.8 cm³/mol. The van der Waals surface area contributed by atoms with Gasteiger partial charge < -0.3 is 10.9 Å². The van der Waals surface area contributed by atoms with Gasteiger partial charge in [0.15, 0.2) is 5.84 Å². The first-order valence-corrected chi connectivity index (χ1v) is 5.41. The van der Waals surface area contributed by atoms with Crippen LogP contribution in [0.2, 0.25) is 0 Å². The molecule has 0 heterocycles. The van der Waals surface area contributed by atoms with Crippen LogP contribution >= 0.6 is 15.9 Å². The van der Waals surface area contributed by atoms with Gasteiger partial charge >= 0.3 is 0 Å². The number of halogens is 2. The summed E-state index contributed by atoms with van der Waals surface area (Å²) in [5, 5.41) is 11.3. The van der Waals surface area contributed by atoms with Gasteiger partial charge in [-0.2, -0.15) is 0 Å². The molecule has 3 N–H and O–H groups in total. The molecule has 0 saturated heterocycles. The highest BCUT2D eigenvalue weighted by Crippen LogP contribution is 2.17. The van der Waals surface area contributed by atoms with E-state index in [0.29, 0.717) is 17.6 Å². The van der Waals surface area contributed by atoms with E-state index in [-0.39, 0.29) is 11.7 Å². The van der Waals surface area contributed by atoms with Crippen molar-refractivity contribution in [1.82, 2.24) is 4.90 Å². The molecular weight excluding hydrogens is 277 g/mol. The SMILES string of the molecule is CN(CC(N)=NO)Cc1ccc(F)c(Br)c1. The molecule has 1 aromatic rings. The number of hydrogen-bond donors (Lipinski definition) is 2. The van der Waals surface area contributed by atoms with E-state index in [0.717, 1.165) is 5.56 Å². The molecule has 88 valence electrons. The lowest BCUT2D eigenvalue weighted by molar-refractivity contribution is 0.308. The van der Waals surface area contributed by atoms with E-state index in [1.165, 1.54) is 6.07 Å². The number of rotatable bonds is 4. The molecule has 0 bridgehead atoms. The van der Waals surface area contributed by atoms with Crippen molar-refractivity contribution < 1.29 is 9.60 Å². The van der Waals surface area contributed by atoms with Crippen LogP contribution in [-0.4, -0.2) is 29.5 Å². The van der Waals surface area contributed by atoms with Gasteiger partial charge in [0.05, 0.1) is 11.0 Å². The van der Waals surface area contributed by atoms with Crippen molar-refractivity contribution in [3.63, 3.8) is 0 Å². The van der Waals surface area contributed by atoms with Crippen molar-refractivity contribution in [3.8, 4) is 0 Å². The highest BCUT2D eigenvalue weighted by molar-refractivity contribution is 9.10. The number of oxime groups is 1. The largest absolute Gasteiger partial charge is 0.409 e. The summed E-state index contributed by atoms with van der Waals surface area (Å²) in [4.78, 5) is 1.86. The Kier molecular flexibility index (Phi) is 4.70. The van der Waals surface area contributed by atoms with E-state index in [4.69, 9.17) is 10.9 Å². The summed E-state index contributed by atoms with van der Waals surface area (Å²) in [7, 11) is 1.83. The van der Waals surface area contributed by atoms with Gasteiger partial charge in [-0.1, -0.05) is 11.2 Å². The fraction of sp³-hybridized carbons (Fsp3) is 0.300. The van der Waals surface area contributed by atoms with E-state index in [1.54, 1.807) is 12.1 Å². The molecule has 0 saturated carbocycles. The van der Waals surface area contributed by atoms with Crippen molar-refractivity contribution in [2.24, 2.45) is 10.9 Å². The third-order valence-corrected chi connectivity index (χ3v) is 2.60. The second-order valence-corrected chi connectivity index (χ2v) is 4.37. The highest BCUT2D eigenvalue weighted by Gasteiger charge is 2.05. The first-order chi connectivity index (χ1) is 7.52. The minimum Gasteiger partial charge on any atom is -0.409 e. The molecule has 0 amide bonds. The summed E-state index contributed by atoms with van der Waals surface area (Å²) < 4.78 is 13.4. The monoisotopic (exact) mass is 289 g/mol. The van der Waals surface area contributed by atoms with Gasteiger partial charge in [0.2, 0.25) is 0 Å². The summed E-state index contributed by atoms with van der Waals surface area (Å²) in [5.41, 5.74) is 6.32. The number of nitrogens with zero attached hydrogens (tertiary/aromatic N) is 2. The molecule has 0 unspecified atom stereocenters. The van der Waals surface area contributed by atoms with E-state index in [9.17, 15) is 4.39 Å². The third-order valence-electron chi connectivity index (χ3n) is 2.00. The van der Waals surface area contributed by atoms with Crippen LogP contribution in [0.4, 0.5) is 4.39 Å². The lowest BCUT2D eigenvalue weighted by Gasteiger charge is -2.15. The molecule has 16 heavy (non-hydrogen) atoms. The molecule has 0 spiro atoms. The van der Waals surface area contributed by atoms with Gasteiger partial charge in [-0.3, -0.25) is 4.90 Å². The molecule has 0 radical (unpaired) electrons. The van der Waals surface area contributed by atoms with E-state index in [2.05, 4.69) is 21.1 Å². The summed E-state index contributed by atoms with van der Waals surface area (Å²) >= 11 is 3.12. The van der Waals surface area contributed by atoms with Crippen molar-refractivity contribution in [2.75, 3.05) is 13.6 Å². The minimum atomic E-state index is -0.289. The Labute approximate surface area is 102 Å². The van der Waals surface area contributed by atoms with Gasteiger partial charge in [-0.15, -0.1) is 0 Å². The highest BCUT2D eigenvalue weighted by atomic mass is 79.9. The van der Waals surface area contributed by atoms with Gasteiger partial charge in [0.25, 0.3) is 0 Å². The van der Waals surface area contributed by atoms with Crippen molar-refractivity contribution in [1.29, 1.82) is 0 Å². The number of likely N-dealkylation sites (N-methyl/N-ethyl adjacent to an activating group) is 1. The maximum absolute atomic E-state index is 13.0. The zero-order valence-electron chi connectivity index (χ0n) is 8.82. The fourth-order valence-electron chi connectivity index (χ4n) is 1.31. The molecule has 0 aromatic heterocycles. The average molecular weight is 290 g/mol. The zero-order chi connectivity index (χ0) is 12.1. The summed E-state index contributed by atoms with van der Waals surface area (Å²) in [6, 6.07) is 4.80. The number of hydrogen-bond acceptors (Lipinski definition) is 3. The van der Waals surface area contributed by atoms with Gasteiger partial charge in [0.1, 0.15) is 5.82 Å². The number of nitrogens with two attached hydrogens (primary N) is 1. The molecule has 0 aliphatic heterocycles. The maximum atomic E-state index is 13.0. The summed E-state index contributed by atoms with van der Waals surface area (Å²) in [6.45, 7) is 0.945. The number of benzene rings is 1. The average Bonchev–Trinajstić information content (AvgIpc) is 2.23. The Hall–Kier alpha value is -1.14. The van der Waals surface area contributed by atoms with Crippen LogP contribution in [0, 0.1) is 5.82 Å². The summed E-state index contributed by atoms with van der Waals surface area (Å²) in [6.07, 6.45) is 0. The molecular formula is C10H13BrFN3O. The normalized spacial score (nSPS) is 12.1. The topological polar surface area (TPSA) is 61.8 Å². The van der Waals surface area contributed by atoms with Crippen LogP contribution in [0.5, 0.6) is 0 Å². The molecule has 0 aliphatic carbocycles. The lowest BCUT2D eigenvalue weighted by atomic mass is 10.2. The van der Waals surface area contributed by atoms with Crippen molar-refractivity contribution in [2.45, 2.75) is 6.54 Å². The zero-order valence-corrected chi connectivity index (χ0v) is 10.4. The Bertz CT molecular complexity index is 398. The Morgan fingerprint density at radius 3 is 2.88 bits per heavy atom.